The zero-order valence-corrected chi connectivity index (χ0v) is 5.00. The van der Waals surface area contributed by atoms with Gasteiger partial charge in [0, 0.05) is 0 Å². The molecule has 0 unspecified atom stereocenters. The first-order valence-electron chi connectivity index (χ1n) is 2.76. The maximum atomic E-state index is 10.1. The van der Waals surface area contributed by atoms with Gasteiger partial charge in [0.1, 0.15) is 12.7 Å². The zero-order valence-electron chi connectivity index (χ0n) is 5.00. The highest BCUT2D eigenvalue weighted by Gasteiger charge is 2.18. The van der Waals surface area contributed by atoms with Crippen molar-refractivity contribution >= 4 is 5.91 Å². The number of nitrogens with two attached hydrogens (primary N) is 1. The van der Waals surface area contributed by atoms with E-state index in [1.54, 1.807) is 0 Å². The van der Waals surface area contributed by atoms with E-state index in [9.17, 15) is 4.79 Å². The number of rotatable bonds is 3. The van der Waals surface area contributed by atoms with Gasteiger partial charge in [-0.25, -0.2) is 0 Å². The van der Waals surface area contributed by atoms with Crippen LogP contribution >= 0.6 is 0 Å². The first-order chi connectivity index (χ1) is 4.29. The van der Waals surface area contributed by atoms with Gasteiger partial charge in [0.15, 0.2) is 0 Å². The summed E-state index contributed by atoms with van der Waals surface area (Å²) in [5.74, 6) is -0.429. The van der Waals surface area contributed by atoms with E-state index in [2.05, 4.69) is 0 Å². The lowest BCUT2D eigenvalue weighted by molar-refractivity contribution is -0.146. The quantitative estimate of drug-likeness (QED) is 0.528. The second-order valence-corrected chi connectivity index (χ2v) is 1.94. The van der Waals surface area contributed by atoms with Crippen molar-refractivity contribution < 1.29 is 14.3 Å². The predicted octanol–water partition coefficient (Wildman–Crippen LogP) is -1.11. The van der Waals surface area contributed by atoms with E-state index in [4.69, 9.17) is 15.2 Å². The number of hydrogen-bond donors (Lipinski definition) is 1. The Balaban J connectivity index is 1.97. The zero-order chi connectivity index (χ0) is 6.69. The molecule has 52 valence electrons. The molecule has 1 heterocycles. The molecule has 1 rings (SSSR count). The molecule has 0 radical (unpaired) electrons. The molecule has 1 fully saturated rings. The Morgan fingerprint density at radius 2 is 2.44 bits per heavy atom. The van der Waals surface area contributed by atoms with Crippen molar-refractivity contribution in [1.82, 2.24) is 0 Å². The fourth-order valence-corrected chi connectivity index (χ4v) is 0.510. The molecule has 1 aliphatic rings. The molecule has 0 aromatic heterocycles. The Hall–Kier alpha value is -0.610. The number of primary amides is 1. The van der Waals surface area contributed by atoms with Crippen LogP contribution in [0.2, 0.25) is 0 Å². The molecule has 1 saturated heterocycles. The molecular formula is C5H9NO3. The van der Waals surface area contributed by atoms with Crippen LogP contribution in [-0.4, -0.2) is 31.8 Å². The molecule has 1 aliphatic heterocycles. The number of carbonyl (C=O) groups is 1. The molecule has 0 spiro atoms. The summed E-state index contributed by atoms with van der Waals surface area (Å²) in [6, 6.07) is 0. The van der Waals surface area contributed by atoms with Gasteiger partial charge in [-0.05, 0) is 0 Å². The number of hydrogen-bond acceptors (Lipinski definition) is 3. The largest absolute Gasteiger partial charge is 0.376 e. The van der Waals surface area contributed by atoms with Crippen molar-refractivity contribution in [1.29, 1.82) is 0 Å². The maximum absolute atomic E-state index is 10.1. The van der Waals surface area contributed by atoms with Crippen molar-refractivity contribution in [3.8, 4) is 0 Å². The van der Waals surface area contributed by atoms with Gasteiger partial charge in [-0.3, -0.25) is 4.79 Å². The lowest BCUT2D eigenvalue weighted by Gasteiger charge is -2.25. The van der Waals surface area contributed by atoms with Crippen molar-refractivity contribution in [3.05, 3.63) is 0 Å². The van der Waals surface area contributed by atoms with Crippen molar-refractivity contribution in [2.75, 3.05) is 19.8 Å². The fraction of sp³-hybridized carbons (Fsp3) is 0.800. The van der Waals surface area contributed by atoms with Crippen LogP contribution in [0.5, 0.6) is 0 Å². The van der Waals surface area contributed by atoms with Crippen molar-refractivity contribution in [2.24, 2.45) is 5.73 Å². The molecule has 1 amide bonds. The van der Waals surface area contributed by atoms with Crippen LogP contribution in [0.3, 0.4) is 0 Å². The summed E-state index contributed by atoms with van der Waals surface area (Å²) in [5, 5.41) is 0. The Morgan fingerprint density at radius 3 is 2.78 bits per heavy atom. The highest BCUT2D eigenvalue weighted by molar-refractivity contribution is 5.75. The van der Waals surface area contributed by atoms with Crippen LogP contribution in [0, 0.1) is 0 Å². The molecule has 4 heteroatoms. The van der Waals surface area contributed by atoms with E-state index in [-0.39, 0.29) is 12.7 Å². The second-order valence-electron chi connectivity index (χ2n) is 1.94. The first kappa shape index (κ1) is 6.51. The third-order valence-electron chi connectivity index (χ3n) is 1.07. The van der Waals surface area contributed by atoms with Crippen LogP contribution in [0.4, 0.5) is 0 Å². The number of amides is 1. The molecule has 0 aromatic carbocycles. The molecule has 0 aliphatic carbocycles. The van der Waals surface area contributed by atoms with Crippen LogP contribution in [0.15, 0.2) is 0 Å². The minimum absolute atomic E-state index is 0.00796. The van der Waals surface area contributed by atoms with E-state index < -0.39 is 5.91 Å². The van der Waals surface area contributed by atoms with E-state index in [0.717, 1.165) is 0 Å². The lowest BCUT2D eigenvalue weighted by atomic mass is 10.3. The highest BCUT2D eigenvalue weighted by atomic mass is 16.6. The van der Waals surface area contributed by atoms with Gasteiger partial charge in [-0.1, -0.05) is 0 Å². The van der Waals surface area contributed by atoms with Gasteiger partial charge in [-0.2, -0.15) is 0 Å². The van der Waals surface area contributed by atoms with E-state index in [1.807, 2.05) is 0 Å². The second kappa shape index (κ2) is 2.80. The molecule has 0 bridgehead atoms. The number of ether oxygens (including phenoxy) is 2. The minimum Gasteiger partial charge on any atom is -0.376 e. The molecule has 0 aromatic rings. The standard InChI is InChI=1S/C5H9NO3/c6-5(7)3-9-4-1-8-2-4/h4H,1-3H2,(H2,6,7). The summed E-state index contributed by atoms with van der Waals surface area (Å²) in [7, 11) is 0. The molecule has 9 heavy (non-hydrogen) atoms. The third kappa shape index (κ3) is 1.99. The SMILES string of the molecule is NC(=O)COC1COC1. The average molecular weight is 131 g/mol. The van der Waals surface area contributed by atoms with Gasteiger partial charge in [-0.15, -0.1) is 0 Å². The van der Waals surface area contributed by atoms with Crippen LogP contribution in [0.1, 0.15) is 0 Å². The molecular weight excluding hydrogens is 122 g/mol. The van der Waals surface area contributed by atoms with Gasteiger partial charge >= 0.3 is 0 Å². The monoisotopic (exact) mass is 131 g/mol. The molecule has 4 nitrogen and oxygen atoms in total. The van der Waals surface area contributed by atoms with Crippen molar-refractivity contribution in [3.63, 3.8) is 0 Å². The Bertz CT molecular complexity index is 111. The van der Waals surface area contributed by atoms with Gasteiger partial charge < -0.3 is 15.2 Å². The summed E-state index contributed by atoms with van der Waals surface area (Å²) in [4.78, 5) is 10.1. The maximum Gasteiger partial charge on any atom is 0.243 e. The van der Waals surface area contributed by atoms with Crippen LogP contribution in [0.25, 0.3) is 0 Å². The van der Waals surface area contributed by atoms with Gasteiger partial charge in [0.05, 0.1) is 13.2 Å². The summed E-state index contributed by atoms with van der Waals surface area (Å²) >= 11 is 0. The van der Waals surface area contributed by atoms with Crippen LogP contribution < -0.4 is 5.73 Å². The third-order valence-corrected chi connectivity index (χ3v) is 1.07. The van der Waals surface area contributed by atoms with Gasteiger partial charge in [0.25, 0.3) is 0 Å². The van der Waals surface area contributed by atoms with Gasteiger partial charge in [0.2, 0.25) is 5.91 Å². The topological polar surface area (TPSA) is 61.6 Å². The molecule has 0 atom stereocenters. The minimum atomic E-state index is -0.429. The smallest absolute Gasteiger partial charge is 0.243 e. The Kier molecular flexibility index (Phi) is 2.02. The van der Waals surface area contributed by atoms with E-state index in [1.165, 1.54) is 0 Å². The molecule has 2 N–H and O–H groups in total. The highest BCUT2D eigenvalue weighted by Crippen LogP contribution is 2.03. The van der Waals surface area contributed by atoms with Crippen LogP contribution in [-0.2, 0) is 14.3 Å². The van der Waals surface area contributed by atoms with E-state index >= 15 is 0 Å². The van der Waals surface area contributed by atoms with E-state index in [0.29, 0.717) is 13.2 Å². The summed E-state index contributed by atoms with van der Waals surface area (Å²) in [6.45, 7) is 1.19. The number of carbonyl (C=O) groups excluding carboxylic acids is 1. The Morgan fingerprint density at radius 1 is 1.78 bits per heavy atom. The van der Waals surface area contributed by atoms with Crippen molar-refractivity contribution in [2.45, 2.75) is 6.10 Å². The summed E-state index contributed by atoms with van der Waals surface area (Å²) in [5.41, 5.74) is 4.81. The molecule has 0 saturated carbocycles. The Labute approximate surface area is 52.9 Å². The fourth-order valence-electron chi connectivity index (χ4n) is 0.510. The summed E-state index contributed by atoms with van der Waals surface area (Å²) in [6.07, 6.45) is 0.0949. The predicted molar refractivity (Wildman–Crippen MR) is 29.8 cm³/mol. The lowest BCUT2D eigenvalue weighted by Crippen LogP contribution is -2.38. The normalized spacial score (nSPS) is 19.1. The first-order valence-corrected chi connectivity index (χ1v) is 2.76. The summed E-state index contributed by atoms with van der Waals surface area (Å²) < 4.78 is 9.73. The average Bonchev–Trinajstić information content (AvgIpc) is 1.60.